The highest BCUT2D eigenvalue weighted by Gasteiger charge is 2.17. The maximum Gasteiger partial charge on any atom is 0.343 e. The quantitative estimate of drug-likeness (QED) is 0.274. The molecule has 35 heavy (non-hydrogen) atoms. The molecule has 3 aromatic carbocycles. The summed E-state index contributed by atoms with van der Waals surface area (Å²) in [7, 11) is -2.54. The molecule has 0 aliphatic rings. The summed E-state index contributed by atoms with van der Waals surface area (Å²) in [5.41, 5.74) is 7.63. The highest BCUT2D eigenvalue weighted by molar-refractivity contribution is 7.89. The zero-order valence-corrected chi connectivity index (χ0v) is 19.1. The van der Waals surface area contributed by atoms with Gasteiger partial charge in [-0.1, -0.05) is 12.1 Å². The van der Waals surface area contributed by atoms with E-state index in [4.69, 9.17) is 15.6 Å². The Balaban J connectivity index is 1.88. The van der Waals surface area contributed by atoms with Crippen LogP contribution in [0.3, 0.4) is 0 Å². The number of amides is 2. The van der Waals surface area contributed by atoms with Gasteiger partial charge in [-0.2, -0.15) is 10.2 Å². The summed E-state index contributed by atoms with van der Waals surface area (Å²) >= 11 is 0. The summed E-state index contributed by atoms with van der Waals surface area (Å²) in [6, 6.07) is 17.0. The van der Waals surface area contributed by atoms with Crippen molar-refractivity contribution in [1.82, 2.24) is 9.78 Å². The van der Waals surface area contributed by atoms with Crippen LogP contribution in [0.25, 0.3) is 28.2 Å². The second-order valence-corrected chi connectivity index (χ2v) is 8.98. The van der Waals surface area contributed by atoms with Crippen molar-refractivity contribution in [2.45, 2.75) is 4.90 Å². The molecule has 0 atom stereocenters. The van der Waals surface area contributed by atoms with E-state index in [0.717, 1.165) is 0 Å². The molecule has 2 amide bonds. The number of primary sulfonamides is 1. The molecule has 0 aliphatic heterocycles. The van der Waals surface area contributed by atoms with E-state index in [9.17, 15) is 22.8 Å². The molecule has 0 radical (unpaired) electrons. The van der Waals surface area contributed by atoms with Crippen LogP contribution in [0.5, 0.6) is 5.75 Å². The lowest BCUT2D eigenvalue weighted by Gasteiger charge is -2.12. The van der Waals surface area contributed by atoms with Crippen LogP contribution in [-0.4, -0.2) is 36.5 Å². The van der Waals surface area contributed by atoms with Crippen molar-refractivity contribution < 1.29 is 27.5 Å². The van der Waals surface area contributed by atoms with E-state index in [1.165, 1.54) is 60.3 Å². The van der Waals surface area contributed by atoms with Crippen molar-refractivity contribution in [3.63, 3.8) is 0 Å². The van der Waals surface area contributed by atoms with E-state index in [1.54, 1.807) is 24.3 Å². The summed E-state index contributed by atoms with van der Waals surface area (Å²) in [5, 5.41) is 20.0. The number of hydrogen-bond acceptors (Lipinski definition) is 6. The molecule has 0 spiro atoms. The number of carbonyl (C=O) groups is 1. The third-order valence-electron chi connectivity index (χ3n) is 5.16. The zero-order chi connectivity index (χ0) is 25.3. The largest absolute Gasteiger partial charge is 0.494 e. The molecule has 4 rings (SSSR count). The van der Waals surface area contributed by atoms with Crippen molar-refractivity contribution in [3.05, 3.63) is 78.6 Å². The summed E-state index contributed by atoms with van der Waals surface area (Å²) in [4.78, 5) is 11.3. The summed E-state index contributed by atoms with van der Waals surface area (Å²) in [6.45, 7) is 0. The Morgan fingerprint density at radius 2 is 1.77 bits per heavy atom. The number of hydrogen-bond donors (Lipinski definition) is 3. The maximum absolute atomic E-state index is 14.5. The van der Waals surface area contributed by atoms with E-state index in [2.05, 4.69) is 5.10 Å². The van der Waals surface area contributed by atoms with Crippen LogP contribution in [-0.2, 0) is 10.0 Å². The SMILES string of the molecule is COc1ccc(-c2cc(-c3cccc(N(O)C(N)=O)c3)nn2-c2ccc(S(N)(=O)=O)cc2)cc1F. The lowest BCUT2D eigenvalue weighted by Crippen LogP contribution is -2.32. The summed E-state index contributed by atoms with van der Waals surface area (Å²) in [5.74, 6) is -0.511. The second kappa shape index (κ2) is 9.18. The van der Waals surface area contributed by atoms with E-state index in [0.29, 0.717) is 33.3 Å². The minimum absolute atomic E-state index is 0.0692. The Morgan fingerprint density at radius 3 is 2.37 bits per heavy atom. The Labute approximate surface area is 199 Å². The minimum Gasteiger partial charge on any atom is -0.494 e. The van der Waals surface area contributed by atoms with Gasteiger partial charge >= 0.3 is 6.03 Å². The van der Waals surface area contributed by atoms with E-state index < -0.39 is 21.9 Å². The van der Waals surface area contributed by atoms with Crippen LogP contribution in [0.15, 0.2) is 77.7 Å². The first-order valence-electron chi connectivity index (χ1n) is 10.0. The van der Waals surface area contributed by atoms with Gasteiger partial charge in [0.05, 0.1) is 34.8 Å². The predicted molar refractivity (Wildman–Crippen MR) is 126 cm³/mol. The average Bonchev–Trinajstić information content (AvgIpc) is 3.28. The van der Waals surface area contributed by atoms with Crippen LogP contribution < -0.4 is 20.7 Å². The first-order valence-corrected chi connectivity index (χ1v) is 11.6. The van der Waals surface area contributed by atoms with Crippen molar-refractivity contribution >= 4 is 21.7 Å². The number of nitrogens with two attached hydrogens (primary N) is 2. The molecule has 10 nitrogen and oxygen atoms in total. The lowest BCUT2D eigenvalue weighted by atomic mass is 10.1. The van der Waals surface area contributed by atoms with Crippen LogP contribution >= 0.6 is 0 Å². The van der Waals surface area contributed by atoms with Gasteiger partial charge in [0.15, 0.2) is 11.6 Å². The van der Waals surface area contributed by atoms with Gasteiger partial charge in [0.1, 0.15) is 0 Å². The van der Waals surface area contributed by atoms with Crippen molar-refractivity contribution in [2.24, 2.45) is 10.9 Å². The Kier molecular flexibility index (Phi) is 6.26. The third kappa shape index (κ3) is 4.84. The van der Waals surface area contributed by atoms with Gasteiger partial charge in [0.2, 0.25) is 10.0 Å². The van der Waals surface area contributed by atoms with E-state index in [-0.39, 0.29) is 16.3 Å². The zero-order valence-electron chi connectivity index (χ0n) is 18.3. The van der Waals surface area contributed by atoms with Gasteiger partial charge in [-0.3, -0.25) is 5.21 Å². The number of rotatable bonds is 6. The van der Waals surface area contributed by atoms with Gasteiger partial charge in [-0.05, 0) is 60.7 Å². The fourth-order valence-electron chi connectivity index (χ4n) is 3.45. The van der Waals surface area contributed by atoms with Crippen LogP contribution in [0, 0.1) is 5.82 Å². The molecule has 1 heterocycles. The molecular weight excluding hydrogens is 477 g/mol. The first-order chi connectivity index (χ1) is 16.6. The molecule has 0 bridgehead atoms. The number of sulfonamides is 1. The Bertz CT molecular complexity index is 1520. The van der Waals surface area contributed by atoms with Crippen molar-refractivity contribution in [3.8, 4) is 34.0 Å². The Hall–Kier alpha value is -4.26. The summed E-state index contributed by atoms with van der Waals surface area (Å²) < 4.78 is 44.3. The van der Waals surface area contributed by atoms with Gasteiger partial charge in [0.25, 0.3) is 0 Å². The second-order valence-electron chi connectivity index (χ2n) is 7.42. The molecule has 4 aromatic rings. The first kappa shape index (κ1) is 23.9. The van der Waals surface area contributed by atoms with Crippen LogP contribution in [0.1, 0.15) is 0 Å². The molecule has 0 saturated heterocycles. The maximum atomic E-state index is 14.5. The standard InChI is InChI=1S/C23H20FN5O5S/c1-34-22-10-5-15(12-19(22)24)21-13-20(14-3-2-4-17(11-14)29(31)23(25)30)27-28(21)16-6-8-18(9-7-16)35(26,32)33/h2-13,31H,1H3,(H2,25,30)(H2,26,32,33). The minimum atomic E-state index is -3.89. The molecular formula is C23H20FN5O5S. The fourth-order valence-corrected chi connectivity index (χ4v) is 3.97. The molecule has 180 valence electrons. The van der Waals surface area contributed by atoms with Gasteiger partial charge in [-0.15, -0.1) is 0 Å². The number of methoxy groups -OCH3 is 1. The topological polar surface area (TPSA) is 154 Å². The molecule has 0 unspecified atom stereocenters. The molecule has 5 N–H and O–H groups in total. The van der Waals surface area contributed by atoms with Crippen molar-refractivity contribution in [1.29, 1.82) is 0 Å². The lowest BCUT2D eigenvalue weighted by molar-refractivity contribution is 0.212. The van der Waals surface area contributed by atoms with Gasteiger partial charge in [-0.25, -0.2) is 27.4 Å². The number of urea groups is 1. The van der Waals surface area contributed by atoms with Crippen molar-refractivity contribution in [2.75, 3.05) is 12.2 Å². The van der Waals surface area contributed by atoms with E-state index in [1.807, 2.05) is 0 Å². The number of ether oxygens (including phenoxy) is 1. The highest BCUT2D eigenvalue weighted by atomic mass is 32.2. The van der Waals surface area contributed by atoms with Gasteiger partial charge < -0.3 is 10.5 Å². The smallest absolute Gasteiger partial charge is 0.343 e. The molecule has 0 saturated carbocycles. The molecule has 0 aliphatic carbocycles. The number of nitrogens with zero attached hydrogens (tertiary/aromatic N) is 3. The Morgan fingerprint density at radius 1 is 1.06 bits per heavy atom. The number of carbonyl (C=O) groups excluding carboxylic acids is 1. The van der Waals surface area contributed by atoms with Gasteiger partial charge in [0, 0.05) is 11.1 Å². The number of hydroxylamine groups is 1. The van der Waals surface area contributed by atoms with Crippen LogP contribution in [0.2, 0.25) is 0 Å². The normalized spacial score (nSPS) is 11.3. The van der Waals surface area contributed by atoms with Crippen LogP contribution in [0.4, 0.5) is 14.9 Å². The third-order valence-corrected chi connectivity index (χ3v) is 6.09. The number of benzene rings is 3. The predicted octanol–water partition coefficient (Wildman–Crippen LogP) is 3.28. The molecule has 12 heteroatoms. The summed E-state index contributed by atoms with van der Waals surface area (Å²) in [6.07, 6.45) is 0. The monoisotopic (exact) mass is 497 g/mol. The molecule has 1 aromatic heterocycles. The molecule has 0 fully saturated rings. The number of primary amides is 1. The van der Waals surface area contributed by atoms with E-state index >= 15 is 0 Å². The number of anilines is 1. The number of halogens is 1. The average molecular weight is 498 g/mol. The fraction of sp³-hybridized carbons (Fsp3) is 0.0435. The number of aromatic nitrogens is 2. The highest BCUT2D eigenvalue weighted by Crippen LogP contribution is 2.32.